The highest BCUT2D eigenvalue weighted by Crippen LogP contribution is 2.38. The van der Waals surface area contributed by atoms with Crippen LogP contribution >= 0.6 is 0 Å². The fourth-order valence-corrected chi connectivity index (χ4v) is 5.64. The van der Waals surface area contributed by atoms with E-state index in [9.17, 15) is 25.5 Å². The van der Waals surface area contributed by atoms with Crippen LogP contribution in [0.5, 0.6) is 51.7 Å². The van der Waals surface area contributed by atoms with Crippen molar-refractivity contribution in [3.05, 3.63) is 161 Å². The number of hydrogen-bond donors (Lipinski definition) is 5. The van der Waals surface area contributed by atoms with Crippen LogP contribution in [0, 0.1) is 0 Å². The number of phenols is 5. The van der Waals surface area contributed by atoms with E-state index in [-0.39, 0.29) is 28.7 Å². The molecule has 6 rings (SSSR count). The summed E-state index contributed by atoms with van der Waals surface area (Å²) in [7, 11) is 0. The van der Waals surface area contributed by atoms with E-state index in [0.29, 0.717) is 48.7 Å². The average Bonchev–Trinajstić information content (AvgIpc) is 3.09. The van der Waals surface area contributed by atoms with Crippen molar-refractivity contribution < 1.29 is 35.0 Å². The first-order valence-electron chi connectivity index (χ1n) is 16.2. The minimum absolute atomic E-state index is 0.00000945. The summed E-state index contributed by atoms with van der Waals surface area (Å²) in [5.74, 6) is 2.18. The van der Waals surface area contributed by atoms with E-state index >= 15 is 0 Å². The predicted molar refractivity (Wildman–Crippen MR) is 189 cm³/mol. The largest absolute Gasteiger partial charge is 0.508 e. The molecule has 6 aromatic rings. The molecule has 0 spiro atoms. The van der Waals surface area contributed by atoms with E-state index in [4.69, 9.17) is 9.47 Å². The molecule has 0 aliphatic rings. The highest BCUT2D eigenvalue weighted by molar-refractivity contribution is 5.50. The Balaban J connectivity index is 1.23. The van der Waals surface area contributed by atoms with Crippen LogP contribution in [0.3, 0.4) is 0 Å². The maximum atomic E-state index is 10.7. The standard InChI is InChI=1S/C42H38O7/c43-34-16-10-28(11-17-34)4-6-31-14-20-39(46)41(25-31)48-37-23-33(9-8-30-2-1-3-36(45)22-30)24-38(27-37)49-42-26-32(15-21-40(42)47)7-5-29-12-18-35(44)19-13-29/h1-3,10-27,43-47H,4-9H2. The molecule has 0 radical (unpaired) electrons. The quantitative estimate of drug-likeness (QED) is 0.0842. The van der Waals surface area contributed by atoms with E-state index in [1.807, 2.05) is 72.8 Å². The molecule has 0 amide bonds. The van der Waals surface area contributed by atoms with Crippen molar-refractivity contribution in [2.45, 2.75) is 38.5 Å². The third-order valence-electron chi connectivity index (χ3n) is 8.33. The monoisotopic (exact) mass is 654 g/mol. The van der Waals surface area contributed by atoms with Crippen molar-refractivity contribution in [3.8, 4) is 51.7 Å². The first-order chi connectivity index (χ1) is 23.8. The maximum absolute atomic E-state index is 10.7. The molecule has 0 aromatic heterocycles. The first kappa shape index (κ1) is 32.8. The van der Waals surface area contributed by atoms with Gasteiger partial charge in [-0.3, -0.25) is 0 Å². The van der Waals surface area contributed by atoms with Gasteiger partial charge in [0, 0.05) is 6.07 Å². The Hall–Kier alpha value is -6.08. The molecule has 5 N–H and O–H groups in total. The van der Waals surface area contributed by atoms with Crippen molar-refractivity contribution in [2.75, 3.05) is 0 Å². The Morgan fingerprint density at radius 2 is 0.735 bits per heavy atom. The SMILES string of the molecule is Oc1ccc(CCc2ccc(O)c(Oc3cc(CCc4cccc(O)c4)cc(Oc4cc(CCc5ccc(O)cc5)ccc4O)c3)c2)cc1. The average molecular weight is 655 g/mol. The molecule has 7 heteroatoms. The van der Waals surface area contributed by atoms with Gasteiger partial charge in [0.15, 0.2) is 23.0 Å². The van der Waals surface area contributed by atoms with Gasteiger partial charge in [-0.2, -0.15) is 0 Å². The highest BCUT2D eigenvalue weighted by Gasteiger charge is 2.13. The van der Waals surface area contributed by atoms with Gasteiger partial charge >= 0.3 is 0 Å². The topological polar surface area (TPSA) is 120 Å². The lowest BCUT2D eigenvalue weighted by Gasteiger charge is -2.15. The summed E-state index contributed by atoms with van der Waals surface area (Å²) in [5, 5.41) is 50.6. The Bertz CT molecular complexity index is 1900. The number of aromatic hydroxyl groups is 5. The van der Waals surface area contributed by atoms with Gasteiger partial charge in [0.25, 0.3) is 0 Å². The number of ether oxygens (including phenoxy) is 2. The van der Waals surface area contributed by atoms with Gasteiger partial charge in [-0.25, -0.2) is 0 Å². The summed E-state index contributed by atoms with van der Waals surface area (Å²) in [4.78, 5) is 0. The fraction of sp³-hybridized carbons (Fsp3) is 0.143. The second-order valence-corrected chi connectivity index (χ2v) is 12.1. The van der Waals surface area contributed by atoms with Crippen LogP contribution in [-0.2, 0) is 38.5 Å². The fourth-order valence-electron chi connectivity index (χ4n) is 5.64. The Morgan fingerprint density at radius 1 is 0.327 bits per heavy atom. The van der Waals surface area contributed by atoms with Crippen molar-refractivity contribution in [1.29, 1.82) is 0 Å². The number of rotatable bonds is 13. The molecule has 0 saturated carbocycles. The third kappa shape index (κ3) is 9.26. The van der Waals surface area contributed by atoms with Gasteiger partial charge in [0.1, 0.15) is 28.7 Å². The Labute approximate surface area is 285 Å². The van der Waals surface area contributed by atoms with E-state index in [1.165, 1.54) is 0 Å². The minimum Gasteiger partial charge on any atom is -0.508 e. The van der Waals surface area contributed by atoms with Crippen LogP contribution in [0.15, 0.2) is 127 Å². The normalized spacial score (nSPS) is 10.9. The van der Waals surface area contributed by atoms with Crippen LogP contribution in [0.2, 0.25) is 0 Å². The summed E-state index contributed by atoms with van der Waals surface area (Å²) < 4.78 is 12.5. The van der Waals surface area contributed by atoms with Crippen LogP contribution in [0.1, 0.15) is 33.4 Å². The summed E-state index contributed by atoms with van der Waals surface area (Å²) in [6.07, 6.45) is 4.21. The van der Waals surface area contributed by atoms with Crippen LogP contribution in [0.4, 0.5) is 0 Å². The highest BCUT2D eigenvalue weighted by atomic mass is 16.5. The Kier molecular flexibility index (Phi) is 10.2. The summed E-state index contributed by atoms with van der Waals surface area (Å²) in [6.45, 7) is 0. The van der Waals surface area contributed by atoms with Gasteiger partial charge < -0.3 is 35.0 Å². The summed E-state index contributed by atoms with van der Waals surface area (Å²) in [6, 6.07) is 37.5. The molecule has 0 heterocycles. The summed E-state index contributed by atoms with van der Waals surface area (Å²) in [5.41, 5.74) is 6.01. The maximum Gasteiger partial charge on any atom is 0.169 e. The van der Waals surface area contributed by atoms with Crippen LogP contribution in [0.25, 0.3) is 0 Å². The zero-order chi connectivity index (χ0) is 34.2. The molecular weight excluding hydrogens is 616 g/mol. The zero-order valence-electron chi connectivity index (χ0n) is 26.9. The number of benzene rings is 6. The zero-order valence-corrected chi connectivity index (χ0v) is 26.9. The molecule has 0 unspecified atom stereocenters. The molecule has 0 saturated heterocycles. The van der Waals surface area contributed by atoms with Crippen molar-refractivity contribution in [1.82, 2.24) is 0 Å². The van der Waals surface area contributed by atoms with E-state index in [0.717, 1.165) is 46.2 Å². The van der Waals surface area contributed by atoms with Gasteiger partial charge in [-0.05, 0) is 145 Å². The number of phenolic OH excluding ortho intramolecular Hbond substituents is 5. The van der Waals surface area contributed by atoms with Crippen molar-refractivity contribution in [3.63, 3.8) is 0 Å². The second-order valence-electron chi connectivity index (χ2n) is 12.1. The number of aryl methyl sites for hydroxylation is 6. The van der Waals surface area contributed by atoms with Gasteiger partial charge in [-0.15, -0.1) is 0 Å². The predicted octanol–water partition coefficient (Wildman–Crippen LogP) is 9.15. The third-order valence-corrected chi connectivity index (χ3v) is 8.33. The summed E-state index contributed by atoms with van der Waals surface area (Å²) >= 11 is 0. The second kappa shape index (κ2) is 15.2. The lowest BCUT2D eigenvalue weighted by molar-refractivity contribution is 0.399. The van der Waals surface area contributed by atoms with Crippen LogP contribution < -0.4 is 9.47 Å². The minimum atomic E-state index is -0.00000945. The lowest BCUT2D eigenvalue weighted by atomic mass is 10.0. The van der Waals surface area contributed by atoms with Crippen molar-refractivity contribution >= 4 is 0 Å². The molecule has 248 valence electrons. The smallest absolute Gasteiger partial charge is 0.169 e. The molecule has 0 atom stereocenters. The molecular formula is C42H38O7. The van der Waals surface area contributed by atoms with Gasteiger partial charge in [0.05, 0.1) is 0 Å². The first-order valence-corrected chi connectivity index (χ1v) is 16.2. The molecule has 0 fully saturated rings. The van der Waals surface area contributed by atoms with Gasteiger partial charge in [-0.1, -0.05) is 48.5 Å². The molecule has 49 heavy (non-hydrogen) atoms. The molecule has 0 bridgehead atoms. The van der Waals surface area contributed by atoms with Crippen LogP contribution in [-0.4, -0.2) is 25.5 Å². The molecule has 7 nitrogen and oxygen atoms in total. The van der Waals surface area contributed by atoms with Crippen molar-refractivity contribution in [2.24, 2.45) is 0 Å². The van der Waals surface area contributed by atoms with E-state index in [1.54, 1.807) is 54.6 Å². The Morgan fingerprint density at radius 3 is 1.20 bits per heavy atom. The molecule has 0 aliphatic heterocycles. The van der Waals surface area contributed by atoms with E-state index in [2.05, 4.69) is 0 Å². The molecule has 0 aliphatic carbocycles. The lowest BCUT2D eigenvalue weighted by Crippen LogP contribution is -1.96. The van der Waals surface area contributed by atoms with E-state index < -0.39 is 0 Å². The molecule has 6 aromatic carbocycles. The number of hydrogen-bond acceptors (Lipinski definition) is 7. The van der Waals surface area contributed by atoms with Gasteiger partial charge in [0.2, 0.25) is 0 Å².